The third-order valence-corrected chi connectivity index (χ3v) is 4.23. The quantitative estimate of drug-likeness (QED) is 0.721. The maximum absolute atomic E-state index is 4.74. The van der Waals surface area contributed by atoms with E-state index < -0.39 is 0 Å². The Balaban J connectivity index is 2.41. The van der Waals surface area contributed by atoms with Crippen molar-refractivity contribution in [2.75, 3.05) is 11.9 Å². The molecule has 0 aliphatic rings. The summed E-state index contributed by atoms with van der Waals surface area (Å²) in [7, 11) is 0. The van der Waals surface area contributed by atoms with Crippen LogP contribution in [0.1, 0.15) is 39.3 Å². The van der Waals surface area contributed by atoms with Crippen molar-refractivity contribution in [3.8, 4) is 11.4 Å². The fraction of sp³-hybridized carbons (Fsp3) is 0.533. The molecule has 0 aromatic carbocycles. The van der Waals surface area contributed by atoms with E-state index in [1.54, 1.807) is 0 Å². The van der Waals surface area contributed by atoms with E-state index in [1.807, 2.05) is 17.1 Å². The van der Waals surface area contributed by atoms with Gasteiger partial charge in [-0.15, -0.1) is 0 Å². The van der Waals surface area contributed by atoms with E-state index in [2.05, 4.69) is 58.8 Å². The Labute approximate surface area is 139 Å². The Hall–Kier alpha value is -1.18. The van der Waals surface area contributed by atoms with Crippen molar-refractivity contribution in [3.05, 3.63) is 21.7 Å². The smallest absolute Gasteiger partial charge is 0.165 e. The van der Waals surface area contributed by atoms with Gasteiger partial charge in [0.25, 0.3) is 0 Å². The Morgan fingerprint density at radius 2 is 2.00 bits per heavy atom. The van der Waals surface area contributed by atoms with E-state index in [1.165, 1.54) is 0 Å². The van der Waals surface area contributed by atoms with Crippen LogP contribution in [0.3, 0.4) is 0 Å². The van der Waals surface area contributed by atoms with Crippen LogP contribution in [0.5, 0.6) is 0 Å². The van der Waals surface area contributed by atoms with Gasteiger partial charge in [-0.05, 0) is 42.4 Å². The lowest BCUT2D eigenvalue weighted by molar-refractivity contribution is 0.603. The molecule has 114 valence electrons. The molecule has 0 unspecified atom stereocenters. The highest BCUT2D eigenvalue weighted by atomic mass is 127. The lowest BCUT2D eigenvalue weighted by atomic mass is 10.2. The summed E-state index contributed by atoms with van der Waals surface area (Å²) in [5.41, 5.74) is 2.10. The molecular formula is C15H22IN5. The van der Waals surface area contributed by atoms with Gasteiger partial charge in [0.15, 0.2) is 5.82 Å². The first-order valence-electron chi connectivity index (χ1n) is 7.52. The molecular weight excluding hydrogens is 377 g/mol. The summed E-state index contributed by atoms with van der Waals surface area (Å²) >= 11 is 2.33. The van der Waals surface area contributed by atoms with Gasteiger partial charge in [0.05, 0.1) is 21.0 Å². The normalized spacial score (nSPS) is 10.9. The van der Waals surface area contributed by atoms with E-state index in [0.717, 1.165) is 58.8 Å². The number of nitrogens with zero attached hydrogens (tertiary/aromatic N) is 4. The summed E-state index contributed by atoms with van der Waals surface area (Å²) in [4.78, 5) is 9.40. The van der Waals surface area contributed by atoms with Gasteiger partial charge in [-0.1, -0.05) is 20.3 Å². The molecule has 21 heavy (non-hydrogen) atoms. The maximum atomic E-state index is 4.74. The molecule has 0 aliphatic heterocycles. The minimum absolute atomic E-state index is 0.761. The van der Waals surface area contributed by atoms with Crippen molar-refractivity contribution in [2.45, 2.75) is 46.6 Å². The molecule has 0 fully saturated rings. The third kappa shape index (κ3) is 3.93. The summed E-state index contributed by atoms with van der Waals surface area (Å²) < 4.78 is 3.07. The number of aromatic nitrogens is 4. The lowest BCUT2D eigenvalue weighted by Crippen LogP contribution is -2.08. The minimum atomic E-state index is 0.761. The molecule has 0 saturated carbocycles. The van der Waals surface area contributed by atoms with Crippen LogP contribution in [-0.4, -0.2) is 26.3 Å². The van der Waals surface area contributed by atoms with Crippen LogP contribution in [0.4, 0.5) is 5.82 Å². The van der Waals surface area contributed by atoms with E-state index in [9.17, 15) is 0 Å². The van der Waals surface area contributed by atoms with Gasteiger partial charge in [0, 0.05) is 19.3 Å². The van der Waals surface area contributed by atoms with Crippen LogP contribution < -0.4 is 5.32 Å². The predicted molar refractivity (Wildman–Crippen MR) is 94.4 cm³/mol. The molecule has 1 N–H and O–H groups in total. The first-order chi connectivity index (χ1) is 10.2. The number of hydrogen-bond donors (Lipinski definition) is 1. The van der Waals surface area contributed by atoms with Crippen LogP contribution in [0.2, 0.25) is 0 Å². The first kappa shape index (κ1) is 16.2. The highest BCUT2D eigenvalue weighted by Gasteiger charge is 2.13. The molecule has 2 rings (SSSR count). The van der Waals surface area contributed by atoms with Crippen LogP contribution >= 0.6 is 22.6 Å². The molecule has 2 aromatic heterocycles. The Kier molecular flexibility index (Phi) is 5.96. The molecule has 0 amide bonds. The van der Waals surface area contributed by atoms with E-state index in [-0.39, 0.29) is 0 Å². The summed E-state index contributed by atoms with van der Waals surface area (Å²) in [5.74, 6) is 1.69. The van der Waals surface area contributed by atoms with Crippen LogP contribution in [0, 0.1) is 3.57 Å². The SMILES string of the molecule is CCCc1nc(-c2cnn(CCC)c2)nc(NCC)c1I. The van der Waals surface area contributed by atoms with Crippen molar-refractivity contribution in [1.29, 1.82) is 0 Å². The van der Waals surface area contributed by atoms with Crippen molar-refractivity contribution in [1.82, 2.24) is 19.7 Å². The summed E-state index contributed by atoms with van der Waals surface area (Å²) in [6.07, 6.45) is 6.99. The van der Waals surface area contributed by atoms with Crippen molar-refractivity contribution < 1.29 is 0 Å². The van der Waals surface area contributed by atoms with Crippen LogP contribution in [0.15, 0.2) is 12.4 Å². The van der Waals surface area contributed by atoms with Gasteiger partial charge in [0.1, 0.15) is 5.82 Å². The van der Waals surface area contributed by atoms with E-state index in [0.29, 0.717) is 0 Å². The molecule has 0 bridgehead atoms. The fourth-order valence-electron chi connectivity index (χ4n) is 2.14. The number of aryl methyl sites for hydroxylation is 2. The molecule has 0 aliphatic carbocycles. The van der Waals surface area contributed by atoms with Crippen LogP contribution in [-0.2, 0) is 13.0 Å². The second-order valence-electron chi connectivity index (χ2n) is 4.93. The zero-order valence-corrected chi connectivity index (χ0v) is 15.0. The molecule has 5 nitrogen and oxygen atoms in total. The van der Waals surface area contributed by atoms with E-state index in [4.69, 9.17) is 4.98 Å². The van der Waals surface area contributed by atoms with Gasteiger partial charge >= 0.3 is 0 Å². The maximum Gasteiger partial charge on any atom is 0.165 e. The zero-order valence-electron chi connectivity index (χ0n) is 12.9. The molecule has 2 aromatic rings. The highest BCUT2D eigenvalue weighted by Crippen LogP contribution is 2.24. The van der Waals surface area contributed by atoms with Crippen molar-refractivity contribution in [3.63, 3.8) is 0 Å². The molecule has 2 heterocycles. The standard InChI is InChI=1S/C15H22IN5/c1-4-7-12-13(16)15(17-6-3)20-14(19-12)11-9-18-21(10-11)8-5-2/h9-10H,4-8H2,1-3H3,(H,17,19,20). The second kappa shape index (κ2) is 7.72. The number of halogens is 1. The van der Waals surface area contributed by atoms with E-state index >= 15 is 0 Å². The Morgan fingerprint density at radius 1 is 1.19 bits per heavy atom. The molecule has 0 spiro atoms. The summed E-state index contributed by atoms with van der Waals surface area (Å²) in [5, 5.41) is 7.70. The Bertz CT molecular complexity index is 566. The van der Waals surface area contributed by atoms with Gasteiger partial charge < -0.3 is 5.32 Å². The number of hydrogen-bond acceptors (Lipinski definition) is 4. The largest absolute Gasteiger partial charge is 0.369 e. The second-order valence-corrected chi connectivity index (χ2v) is 6.01. The predicted octanol–water partition coefficient (Wildman–Crippen LogP) is 3.74. The summed E-state index contributed by atoms with van der Waals surface area (Å²) in [6.45, 7) is 8.17. The number of rotatable bonds is 7. The average molecular weight is 399 g/mol. The molecule has 0 saturated heterocycles. The topological polar surface area (TPSA) is 55.6 Å². The molecule has 0 radical (unpaired) electrons. The minimum Gasteiger partial charge on any atom is -0.369 e. The monoisotopic (exact) mass is 399 g/mol. The van der Waals surface area contributed by atoms with Gasteiger partial charge in [-0.3, -0.25) is 4.68 Å². The van der Waals surface area contributed by atoms with Gasteiger partial charge in [-0.2, -0.15) is 5.10 Å². The number of anilines is 1. The summed E-state index contributed by atoms with van der Waals surface area (Å²) in [6, 6.07) is 0. The molecule has 0 atom stereocenters. The van der Waals surface area contributed by atoms with Crippen molar-refractivity contribution >= 4 is 28.4 Å². The van der Waals surface area contributed by atoms with Gasteiger partial charge in [-0.25, -0.2) is 9.97 Å². The highest BCUT2D eigenvalue weighted by molar-refractivity contribution is 14.1. The lowest BCUT2D eigenvalue weighted by Gasteiger charge is -2.11. The van der Waals surface area contributed by atoms with Crippen LogP contribution in [0.25, 0.3) is 11.4 Å². The number of nitrogens with one attached hydrogen (secondary N) is 1. The fourth-order valence-corrected chi connectivity index (χ4v) is 2.84. The van der Waals surface area contributed by atoms with Crippen molar-refractivity contribution in [2.24, 2.45) is 0 Å². The molecule has 6 heteroatoms. The Morgan fingerprint density at radius 3 is 2.67 bits per heavy atom. The van der Waals surface area contributed by atoms with Gasteiger partial charge in [0.2, 0.25) is 0 Å². The average Bonchev–Trinajstić information content (AvgIpc) is 2.92. The zero-order chi connectivity index (χ0) is 15.2. The third-order valence-electron chi connectivity index (χ3n) is 3.10. The first-order valence-corrected chi connectivity index (χ1v) is 8.60.